The third-order valence-corrected chi connectivity index (χ3v) is 4.09. The summed E-state index contributed by atoms with van der Waals surface area (Å²) in [6.07, 6.45) is 1.61. The van der Waals surface area contributed by atoms with Crippen molar-refractivity contribution in [2.45, 2.75) is 6.54 Å². The fraction of sp³-hybridized carbons (Fsp3) is 0.0455. The highest BCUT2D eigenvalue weighted by molar-refractivity contribution is 7.80. The lowest BCUT2D eigenvalue weighted by Crippen LogP contribution is -2.28. The molecule has 0 radical (unpaired) electrons. The Hall–Kier alpha value is -3.91. The Kier molecular flexibility index (Phi) is 6.16. The van der Waals surface area contributed by atoms with E-state index < -0.39 is 0 Å². The van der Waals surface area contributed by atoms with E-state index in [0.717, 1.165) is 5.76 Å². The molecule has 0 spiro atoms. The molecule has 2 aromatic heterocycles. The molecule has 0 fully saturated rings. The highest BCUT2D eigenvalue weighted by atomic mass is 32.1. The van der Waals surface area contributed by atoms with Crippen LogP contribution < -0.4 is 20.1 Å². The molecule has 0 bridgehead atoms. The number of anilines is 1. The van der Waals surface area contributed by atoms with E-state index in [1.165, 1.54) is 0 Å². The minimum atomic E-state index is 0.242. The van der Waals surface area contributed by atoms with Gasteiger partial charge in [0.15, 0.2) is 5.11 Å². The zero-order valence-corrected chi connectivity index (χ0v) is 16.6. The molecule has 0 aliphatic heterocycles. The number of benzene rings is 2. The smallest absolute Gasteiger partial charge is 0.235 e. The van der Waals surface area contributed by atoms with Gasteiger partial charge in [-0.1, -0.05) is 36.4 Å². The number of hydrogen-bond donors (Lipinski definition) is 2. The van der Waals surface area contributed by atoms with Gasteiger partial charge in [0.1, 0.15) is 17.3 Å². The second-order valence-electron chi connectivity index (χ2n) is 6.09. The molecule has 2 heterocycles. The van der Waals surface area contributed by atoms with Crippen LogP contribution in [0.15, 0.2) is 89.5 Å². The van der Waals surface area contributed by atoms with Crippen LogP contribution in [0.4, 0.5) is 5.95 Å². The highest BCUT2D eigenvalue weighted by Gasteiger charge is 2.10. The summed E-state index contributed by atoms with van der Waals surface area (Å²) in [5.74, 6) is 2.93. The van der Waals surface area contributed by atoms with E-state index in [1.807, 2.05) is 72.8 Å². The molecule has 2 N–H and O–H groups in total. The van der Waals surface area contributed by atoms with E-state index in [1.54, 1.807) is 12.3 Å². The molecular weight excluding hydrogens is 400 g/mol. The molecule has 7 nitrogen and oxygen atoms in total. The lowest BCUT2D eigenvalue weighted by Gasteiger charge is -2.12. The van der Waals surface area contributed by atoms with Gasteiger partial charge in [-0.2, -0.15) is 9.97 Å². The summed E-state index contributed by atoms with van der Waals surface area (Å²) in [5.41, 5.74) is 0. The number of hydrogen-bond acceptors (Lipinski definition) is 6. The molecule has 4 aromatic rings. The van der Waals surface area contributed by atoms with Gasteiger partial charge in [0, 0.05) is 0 Å². The number of aromatic nitrogens is 2. The summed E-state index contributed by atoms with van der Waals surface area (Å²) in [4.78, 5) is 8.76. The van der Waals surface area contributed by atoms with Crippen LogP contribution in [0.3, 0.4) is 0 Å². The Balaban J connectivity index is 1.52. The Morgan fingerprint density at radius 3 is 1.97 bits per heavy atom. The molecule has 0 aliphatic rings. The maximum Gasteiger partial charge on any atom is 0.235 e. The van der Waals surface area contributed by atoms with Crippen molar-refractivity contribution in [2.75, 3.05) is 5.32 Å². The van der Waals surface area contributed by atoms with Crippen LogP contribution in [0.5, 0.6) is 23.3 Å². The van der Waals surface area contributed by atoms with Crippen LogP contribution in [-0.4, -0.2) is 15.1 Å². The van der Waals surface area contributed by atoms with Crippen LogP contribution in [0.1, 0.15) is 5.76 Å². The summed E-state index contributed by atoms with van der Waals surface area (Å²) in [5, 5.41) is 6.33. The van der Waals surface area contributed by atoms with Gasteiger partial charge in [-0.25, -0.2) is 0 Å². The van der Waals surface area contributed by atoms with Crippen molar-refractivity contribution in [1.29, 1.82) is 0 Å². The molecule has 2 aromatic carbocycles. The first-order valence-electron chi connectivity index (χ1n) is 9.17. The summed E-state index contributed by atoms with van der Waals surface area (Å²) in [6, 6.07) is 24.0. The Morgan fingerprint density at radius 2 is 1.43 bits per heavy atom. The molecule has 0 saturated carbocycles. The molecule has 0 atom stereocenters. The number of rotatable bonds is 7. The van der Waals surface area contributed by atoms with Crippen LogP contribution >= 0.6 is 12.2 Å². The summed E-state index contributed by atoms with van der Waals surface area (Å²) in [7, 11) is 0. The van der Waals surface area contributed by atoms with Gasteiger partial charge in [0.25, 0.3) is 0 Å². The Morgan fingerprint density at radius 1 is 0.833 bits per heavy atom. The minimum Gasteiger partial charge on any atom is -0.467 e. The van der Waals surface area contributed by atoms with Crippen LogP contribution in [0.2, 0.25) is 0 Å². The number of nitrogens with zero attached hydrogens (tertiary/aromatic N) is 2. The maximum absolute atomic E-state index is 5.85. The molecule has 0 saturated heterocycles. The van der Waals surface area contributed by atoms with Crippen molar-refractivity contribution in [3.8, 4) is 23.3 Å². The molecule has 0 amide bonds. The van der Waals surface area contributed by atoms with Gasteiger partial charge in [0.05, 0.1) is 18.9 Å². The van der Waals surface area contributed by atoms with E-state index in [2.05, 4.69) is 20.6 Å². The van der Waals surface area contributed by atoms with Crippen molar-refractivity contribution in [2.24, 2.45) is 0 Å². The van der Waals surface area contributed by atoms with Gasteiger partial charge < -0.3 is 24.5 Å². The number of nitrogens with one attached hydrogen (secondary N) is 2. The van der Waals surface area contributed by atoms with E-state index in [-0.39, 0.29) is 5.95 Å². The lowest BCUT2D eigenvalue weighted by atomic mass is 10.3. The van der Waals surface area contributed by atoms with Gasteiger partial charge >= 0.3 is 0 Å². The zero-order chi connectivity index (χ0) is 20.6. The standard InChI is InChI=1S/C22H18N4O3S/c30-22(23-15-18-12-7-13-27-18)26-21-24-19(28-16-8-3-1-4-9-16)14-20(25-21)29-17-10-5-2-6-11-17/h1-14H,15H2,(H2,23,24,25,26,30). The van der Waals surface area contributed by atoms with E-state index >= 15 is 0 Å². The van der Waals surface area contributed by atoms with Crippen molar-refractivity contribution < 1.29 is 13.9 Å². The fourth-order valence-corrected chi connectivity index (χ4v) is 2.67. The maximum atomic E-state index is 5.85. The van der Waals surface area contributed by atoms with Crippen LogP contribution in [0.25, 0.3) is 0 Å². The molecule has 4 rings (SSSR count). The summed E-state index contributed by atoms with van der Waals surface area (Å²) < 4.78 is 17.0. The van der Waals surface area contributed by atoms with E-state index in [0.29, 0.717) is 34.9 Å². The van der Waals surface area contributed by atoms with Crippen LogP contribution in [0, 0.1) is 0 Å². The minimum absolute atomic E-state index is 0.242. The first kappa shape index (κ1) is 19.4. The molecule has 8 heteroatoms. The van der Waals surface area contributed by atoms with Crippen molar-refractivity contribution in [3.05, 3.63) is 90.9 Å². The van der Waals surface area contributed by atoms with Gasteiger partial charge in [-0.15, -0.1) is 0 Å². The predicted molar refractivity (Wildman–Crippen MR) is 117 cm³/mol. The highest BCUT2D eigenvalue weighted by Crippen LogP contribution is 2.27. The van der Waals surface area contributed by atoms with Crippen molar-refractivity contribution in [1.82, 2.24) is 15.3 Å². The van der Waals surface area contributed by atoms with Crippen molar-refractivity contribution in [3.63, 3.8) is 0 Å². The first-order chi connectivity index (χ1) is 14.7. The quantitative estimate of drug-likeness (QED) is 0.399. The van der Waals surface area contributed by atoms with E-state index in [9.17, 15) is 0 Å². The van der Waals surface area contributed by atoms with Gasteiger partial charge in [0.2, 0.25) is 17.7 Å². The molecular formula is C22H18N4O3S. The number of ether oxygens (including phenoxy) is 2. The SMILES string of the molecule is S=C(NCc1ccco1)Nc1nc(Oc2ccccc2)cc(Oc2ccccc2)n1. The molecule has 150 valence electrons. The van der Waals surface area contributed by atoms with Crippen LogP contribution in [-0.2, 0) is 6.54 Å². The third-order valence-electron chi connectivity index (χ3n) is 3.84. The van der Waals surface area contributed by atoms with E-state index in [4.69, 9.17) is 26.1 Å². The largest absolute Gasteiger partial charge is 0.467 e. The Bertz CT molecular complexity index is 1030. The number of para-hydroxylation sites is 2. The third kappa shape index (κ3) is 5.55. The monoisotopic (exact) mass is 418 g/mol. The second-order valence-corrected chi connectivity index (χ2v) is 6.49. The van der Waals surface area contributed by atoms with Gasteiger partial charge in [-0.05, 0) is 48.6 Å². The summed E-state index contributed by atoms with van der Waals surface area (Å²) in [6.45, 7) is 0.437. The Labute approximate surface area is 178 Å². The van der Waals surface area contributed by atoms with Crippen molar-refractivity contribution >= 4 is 23.3 Å². The predicted octanol–water partition coefficient (Wildman–Crippen LogP) is 5.14. The fourth-order valence-electron chi connectivity index (χ4n) is 2.51. The number of furan rings is 1. The molecule has 0 unspecified atom stereocenters. The number of thiocarbonyl (C=S) groups is 1. The topological polar surface area (TPSA) is 81.4 Å². The summed E-state index contributed by atoms with van der Waals surface area (Å²) >= 11 is 5.33. The normalized spacial score (nSPS) is 10.3. The first-order valence-corrected chi connectivity index (χ1v) is 9.57. The van der Waals surface area contributed by atoms with Gasteiger partial charge in [-0.3, -0.25) is 0 Å². The average molecular weight is 418 g/mol. The lowest BCUT2D eigenvalue weighted by molar-refractivity contribution is 0.435. The average Bonchev–Trinajstić information content (AvgIpc) is 3.27. The zero-order valence-electron chi connectivity index (χ0n) is 15.8. The second kappa shape index (κ2) is 9.53. The molecule has 30 heavy (non-hydrogen) atoms. The molecule has 0 aliphatic carbocycles.